The van der Waals surface area contributed by atoms with Gasteiger partial charge in [-0.15, -0.1) is 0 Å². The number of nitriles is 1. The van der Waals surface area contributed by atoms with E-state index in [0.717, 1.165) is 25.7 Å². The van der Waals surface area contributed by atoms with Crippen LogP contribution in [0.4, 0.5) is 0 Å². The zero-order valence-electron chi connectivity index (χ0n) is 9.98. The van der Waals surface area contributed by atoms with E-state index in [1.165, 1.54) is 0 Å². The number of hydrogen-bond acceptors (Lipinski definition) is 4. The van der Waals surface area contributed by atoms with Crippen molar-refractivity contribution in [2.75, 3.05) is 0 Å². The first-order chi connectivity index (χ1) is 7.49. The normalized spacial score (nSPS) is 35.8. The van der Waals surface area contributed by atoms with Crippen LogP contribution in [0, 0.1) is 22.7 Å². The summed E-state index contributed by atoms with van der Waals surface area (Å²) in [6.07, 6.45) is 3.76. The van der Waals surface area contributed by atoms with Crippen molar-refractivity contribution in [2.24, 2.45) is 16.5 Å². The molecule has 1 saturated carbocycles. The molecule has 0 heterocycles. The van der Waals surface area contributed by atoms with Crippen LogP contribution in [0.15, 0.2) is 5.16 Å². The van der Waals surface area contributed by atoms with Gasteiger partial charge in [0.25, 0.3) is 0 Å². The van der Waals surface area contributed by atoms with E-state index in [2.05, 4.69) is 19.0 Å². The Morgan fingerprint density at radius 3 is 2.75 bits per heavy atom. The summed E-state index contributed by atoms with van der Waals surface area (Å²) in [6.45, 7) is 4.28. The average molecular weight is 224 g/mol. The molecule has 3 atom stereocenters. The second-order valence-electron chi connectivity index (χ2n) is 5.37. The standard InChI is InChI=1S/C12H20N2O2/c1-9-5-11(15)7-12(2,6-9)4-3-10(8-13)14-16/h9,11,15-16H,3-7H2,1-2H3/b14-10-/t9-,11-,12+/m0/s1. The molecule has 90 valence electrons. The molecule has 0 unspecified atom stereocenters. The maximum Gasteiger partial charge on any atom is 0.156 e. The summed E-state index contributed by atoms with van der Waals surface area (Å²) in [5.41, 5.74) is 0.234. The monoisotopic (exact) mass is 224 g/mol. The Bertz CT molecular complexity index is 297. The molecule has 1 rings (SSSR count). The Labute approximate surface area is 96.6 Å². The van der Waals surface area contributed by atoms with Gasteiger partial charge in [0, 0.05) is 6.42 Å². The lowest BCUT2D eigenvalue weighted by atomic mass is 9.68. The van der Waals surface area contributed by atoms with E-state index in [4.69, 9.17) is 10.5 Å². The van der Waals surface area contributed by atoms with E-state index in [9.17, 15) is 5.11 Å². The molecule has 0 aliphatic heterocycles. The van der Waals surface area contributed by atoms with E-state index in [1.807, 2.05) is 6.07 Å². The molecule has 2 N–H and O–H groups in total. The molecule has 0 aromatic heterocycles. The van der Waals surface area contributed by atoms with E-state index in [0.29, 0.717) is 12.3 Å². The highest BCUT2D eigenvalue weighted by atomic mass is 16.4. The molecule has 4 heteroatoms. The molecular weight excluding hydrogens is 204 g/mol. The number of oxime groups is 1. The smallest absolute Gasteiger partial charge is 0.156 e. The molecule has 1 aliphatic carbocycles. The highest BCUT2D eigenvalue weighted by molar-refractivity contribution is 5.97. The van der Waals surface area contributed by atoms with Crippen LogP contribution in [0.2, 0.25) is 0 Å². The molecule has 0 amide bonds. The minimum atomic E-state index is -0.231. The Kier molecular flexibility index (Phi) is 4.31. The van der Waals surface area contributed by atoms with Gasteiger partial charge in [0.15, 0.2) is 5.71 Å². The lowest BCUT2D eigenvalue weighted by Crippen LogP contribution is -2.33. The van der Waals surface area contributed by atoms with Crippen molar-refractivity contribution < 1.29 is 10.3 Å². The first-order valence-corrected chi connectivity index (χ1v) is 5.78. The third-order valence-corrected chi connectivity index (χ3v) is 3.46. The molecule has 16 heavy (non-hydrogen) atoms. The third-order valence-electron chi connectivity index (χ3n) is 3.46. The maximum absolute atomic E-state index is 9.75. The summed E-state index contributed by atoms with van der Waals surface area (Å²) in [5, 5.41) is 29.9. The van der Waals surface area contributed by atoms with Crippen molar-refractivity contribution >= 4 is 5.71 Å². The summed E-state index contributed by atoms with van der Waals surface area (Å²) < 4.78 is 0. The molecular formula is C12H20N2O2. The van der Waals surface area contributed by atoms with Gasteiger partial charge in [-0.05, 0) is 37.0 Å². The quantitative estimate of drug-likeness (QED) is 0.438. The second-order valence-corrected chi connectivity index (χ2v) is 5.37. The second kappa shape index (κ2) is 5.31. The van der Waals surface area contributed by atoms with Crippen molar-refractivity contribution in [3.63, 3.8) is 0 Å². The van der Waals surface area contributed by atoms with E-state index < -0.39 is 0 Å². The largest absolute Gasteiger partial charge is 0.410 e. The molecule has 1 aliphatic rings. The van der Waals surface area contributed by atoms with E-state index in [-0.39, 0.29) is 17.2 Å². The molecule has 4 nitrogen and oxygen atoms in total. The highest BCUT2D eigenvalue weighted by Crippen LogP contribution is 2.42. The first kappa shape index (κ1) is 13.0. The number of hydrogen-bond donors (Lipinski definition) is 2. The van der Waals surface area contributed by atoms with Crippen molar-refractivity contribution in [2.45, 2.75) is 52.1 Å². The zero-order valence-corrected chi connectivity index (χ0v) is 9.98. The Hall–Kier alpha value is -1.08. The number of aliphatic hydroxyl groups is 1. The zero-order chi connectivity index (χ0) is 12.2. The van der Waals surface area contributed by atoms with Gasteiger partial charge in [-0.1, -0.05) is 19.0 Å². The van der Waals surface area contributed by atoms with Crippen molar-refractivity contribution in [1.29, 1.82) is 5.26 Å². The predicted octanol–water partition coefficient (Wildman–Crippen LogP) is 2.31. The summed E-state index contributed by atoms with van der Waals surface area (Å²) in [4.78, 5) is 0. The maximum atomic E-state index is 9.75. The minimum absolute atomic E-state index is 0.0594. The number of nitrogens with zero attached hydrogens (tertiary/aromatic N) is 2. The molecule has 0 radical (unpaired) electrons. The topological polar surface area (TPSA) is 76.6 Å². The molecule has 0 bridgehead atoms. The van der Waals surface area contributed by atoms with Crippen LogP contribution in [-0.2, 0) is 0 Å². The Morgan fingerprint density at radius 1 is 1.56 bits per heavy atom. The minimum Gasteiger partial charge on any atom is -0.410 e. The lowest BCUT2D eigenvalue weighted by Gasteiger charge is -2.39. The highest BCUT2D eigenvalue weighted by Gasteiger charge is 2.34. The average Bonchev–Trinajstić information content (AvgIpc) is 2.16. The Morgan fingerprint density at radius 2 is 2.25 bits per heavy atom. The van der Waals surface area contributed by atoms with Gasteiger partial charge in [0.05, 0.1) is 6.10 Å². The van der Waals surface area contributed by atoms with Crippen molar-refractivity contribution in [3.05, 3.63) is 0 Å². The van der Waals surface area contributed by atoms with Gasteiger partial charge in [0.1, 0.15) is 6.07 Å². The SMILES string of the molecule is C[C@H]1C[C@H](O)C[C@](C)(CC/C(C#N)=N/O)C1. The third kappa shape index (κ3) is 3.49. The lowest BCUT2D eigenvalue weighted by molar-refractivity contribution is 0.0265. The van der Waals surface area contributed by atoms with Gasteiger partial charge in [-0.3, -0.25) is 0 Å². The van der Waals surface area contributed by atoms with Gasteiger partial charge in [-0.2, -0.15) is 5.26 Å². The number of aliphatic hydroxyl groups excluding tert-OH is 1. The fourth-order valence-electron chi connectivity index (χ4n) is 2.88. The van der Waals surface area contributed by atoms with Crippen LogP contribution in [0.25, 0.3) is 0 Å². The summed E-state index contributed by atoms with van der Waals surface area (Å²) in [6, 6.07) is 1.87. The number of rotatable bonds is 3. The van der Waals surface area contributed by atoms with Crippen LogP contribution in [0.1, 0.15) is 46.0 Å². The van der Waals surface area contributed by atoms with Gasteiger partial charge in [0.2, 0.25) is 0 Å². The fourth-order valence-corrected chi connectivity index (χ4v) is 2.88. The molecule has 1 fully saturated rings. The Balaban J connectivity index is 2.55. The van der Waals surface area contributed by atoms with Gasteiger partial charge >= 0.3 is 0 Å². The van der Waals surface area contributed by atoms with Crippen LogP contribution in [0.5, 0.6) is 0 Å². The fraction of sp³-hybridized carbons (Fsp3) is 0.833. The first-order valence-electron chi connectivity index (χ1n) is 5.78. The van der Waals surface area contributed by atoms with Crippen LogP contribution in [0.3, 0.4) is 0 Å². The van der Waals surface area contributed by atoms with Crippen molar-refractivity contribution in [1.82, 2.24) is 0 Å². The molecule has 0 saturated heterocycles. The van der Waals surface area contributed by atoms with E-state index in [1.54, 1.807) is 0 Å². The predicted molar refractivity (Wildman–Crippen MR) is 61.2 cm³/mol. The molecule has 0 aromatic carbocycles. The van der Waals surface area contributed by atoms with E-state index >= 15 is 0 Å². The summed E-state index contributed by atoms with van der Waals surface area (Å²) >= 11 is 0. The van der Waals surface area contributed by atoms with Crippen LogP contribution in [-0.4, -0.2) is 22.1 Å². The van der Waals surface area contributed by atoms with Gasteiger partial charge in [-0.25, -0.2) is 0 Å². The summed E-state index contributed by atoms with van der Waals surface area (Å²) in [5.74, 6) is 0.519. The molecule has 0 spiro atoms. The van der Waals surface area contributed by atoms with Gasteiger partial charge < -0.3 is 10.3 Å². The van der Waals surface area contributed by atoms with Crippen LogP contribution >= 0.6 is 0 Å². The summed E-state index contributed by atoms with van der Waals surface area (Å²) in [7, 11) is 0. The van der Waals surface area contributed by atoms with Crippen LogP contribution < -0.4 is 0 Å². The molecule has 0 aromatic rings. The van der Waals surface area contributed by atoms with Crippen molar-refractivity contribution in [3.8, 4) is 6.07 Å².